The number of aliphatic hydroxyl groups excluding tert-OH is 3. The molecule has 36 heavy (non-hydrogen) atoms. The molecule has 0 spiro atoms. The van der Waals surface area contributed by atoms with Crippen LogP contribution in [-0.4, -0.2) is 78.7 Å². The first-order valence-corrected chi connectivity index (χ1v) is 12.2. The van der Waals surface area contributed by atoms with Crippen LogP contribution in [0.15, 0.2) is 42.0 Å². The number of carbonyl (C=O) groups excluding carboxylic acids is 1. The Morgan fingerprint density at radius 3 is 2.47 bits per heavy atom. The molecule has 2 aliphatic heterocycles. The lowest BCUT2D eigenvalue weighted by Gasteiger charge is -2.39. The Balaban J connectivity index is 1.49. The van der Waals surface area contributed by atoms with E-state index in [4.69, 9.17) is 9.47 Å². The lowest BCUT2D eigenvalue weighted by atomic mass is 9.97. The Bertz CT molecular complexity index is 1170. The van der Waals surface area contributed by atoms with Crippen LogP contribution >= 0.6 is 0 Å². The van der Waals surface area contributed by atoms with Crippen LogP contribution in [0.5, 0.6) is 0 Å². The number of ether oxygens (including phenoxy) is 2. The van der Waals surface area contributed by atoms with E-state index >= 15 is 0 Å². The van der Waals surface area contributed by atoms with Crippen LogP contribution in [0.25, 0.3) is 16.3 Å². The minimum absolute atomic E-state index is 0.0616. The first kappa shape index (κ1) is 26.1. The Labute approximate surface area is 210 Å². The molecule has 1 amide bonds. The standard InChI is InChI=1S/C27H33N3O6/c1-16(17-6-7-19-13-20(9-8-18(19)12-17)30-10-4-3-5-11-30)21(14-28)26(34)29-15-22-23(31)24(32)25(33)27(35-2)36-22/h6-9,12-13,22-25,27,31-33H,3-5,10-11,15H2,1-2H3,(H,29,34)/b21-16+/t22?,23-,24+,25-,27+/m1/s1. The molecule has 1 unspecified atom stereocenters. The molecule has 2 aromatic rings. The number of allylic oxidation sites excluding steroid dienone is 1. The van der Waals surface area contributed by atoms with Crippen molar-refractivity contribution in [2.75, 3.05) is 31.6 Å². The summed E-state index contributed by atoms with van der Waals surface area (Å²) in [5.41, 5.74) is 2.42. The van der Waals surface area contributed by atoms with E-state index < -0.39 is 36.6 Å². The van der Waals surface area contributed by atoms with Gasteiger partial charge in [0.15, 0.2) is 6.29 Å². The van der Waals surface area contributed by atoms with Gasteiger partial charge in [0.05, 0.1) is 0 Å². The van der Waals surface area contributed by atoms with Crippen LogP contribution < -0.4 is 10.2 Å². The number of rotatable bonds is 6. The third kappa shape index (κ3) is 5.38. The minimum atomic E-state index is -1.49. The monoisotopic (exact) mass is 495 g/mol. The van der Waals surface area contributed by atoms with E-state index in [1.54, 1.807) is 6.92 Å². The molecule has 0 bridgehead atoms. The number of nitrogens with one attached hydrogen (secondary N) is 1. The Morgan fingerprint density at radius 2 is 1.78 bits per heavy atom. The first-order valence-electron chi connectivity index (χ1n) is 12.2. The van der Waals surface area contributed by atoms with Crippen LogP contribution in [-0.2, 0) is 14.3 Å². The van der Waals surface area contributed by atoms with E-state index in [0.29, 0.717) is 5.57 Å². The number of anilines is 1. The number of fused-ring (bicyclic) bond motifs is 1. The largest absolute Gasteiger partial charge is 0.388 e. The first-order chi connectivity index (χ1) is 17.3. The normalized spacial score (nSPS) is 27.3. The highest BCUT2D eigenvalue weighted by Crippen LogP contribution is 2.28. The Morgan fingerprint density at radius 1 is 1.08 bits per heavy atom. The number of methoxy groups -OCH3 is 1. The number of aliphatic hydroxyl groups is 3. The van der Waals surface area contributed by atoms with Gasteiger partial charge in [0, 0.05) is 32.4 Å². The number of nitrogens with zero attached hydrogens (tertiary/aromatic N) is 2. The third-order valence-electron chi connectivity index (χ3n) is 7.06. The maximum Gasteiger partial charge on any atom is 0.262 e. The highest BCUT2D eigenvalue weighted by Gasteiger charge is 2.44. The summed E-state index contributed by atoms with van der Waals surface area (Å²) < 4.78 is 10.4. The van der Waals surface area contributed by atoms with E-state index in [-0.39, 0.29) is 12.1 Å². The summed E-state index contributed by atoms with van der Waals surface area (Å²) in [4.78, 5) is 15.2. The predicted octanol–water partition coefficient (Wildman–Crippen LogP) is 1.70. The molecule has 2 aliphatic rings. The quantitative estimate of drug-likeness (QED) is 0.351. The topological polar surface area (TPSA) is 135 Å². The molecule has 2 saturated heterocycles. The van der Waals surface area contributed by atoms with Crippen LogP contribution in [0, 0.1) is 11.3 Å². The van der Waals surface area contributed by atoms with Crippen LogP contribution in [0.3, 0.4) is 0 Å². The molecule has 2 heterocycles. The second kappa shape index (κ2) is 11.4. The zero-order valence-electron chi connectivity index (χ0n) is 20.6. The lowest BCUT2D eigenvalue weighted by molar-refractivity contribution is -0.288. The summed E-state index contributed by atoms with van der Waals surface area (Å²) in [6.45, 7) is 3.68. The van der Waals surface area contributed by atoms with E-state index in [2.05, 4.69) is 28.4 Å². The summed E-state index contributed by atoms with van der Waals surface area (Å²) in [5.74, 6) is -0.624. The average Bonchev–Trinajstić information content (AvgIpc) is 2.91. The van der Waals surface area contributed by atoms with Crippen molar-refractivity contribution in [2.24, 2.45) is 0 Å². The molecule has 2 fully saturated rings. The van der Waals surface area contributed by atoms with Gasteiger partial charge in [-0.3, -0.25) is 4.79 Å². The van der Waals surface area contributed by atoms with Crippen molar-refractivity contribution in [2.45, 2.75) is 56.9 Å². The van der Waals surface area contributed by atoms with Crippen LogP contribution in [0.1, 0.15) is 31.7 Å². The van der Waals surface area contributed by atoms with Gasteiger partial charge in [0.2, 0.25) is 0 Å². The summed E-state index contributed by atoms with van der Waals surface area (Å²) in [7, 11) is 1.30. The second-order valence-electron chi connectivity index (χ2n) is 9.37. The molecule has 0 saturated carbocycles. The number of hydrogen-bond acceptors (Lipinski definition) is 8. The second-order valence-corrected chi connectivity index (χ2v) is 9.37. The zero-order valence-corrected chi connectivity index (χ0v) is 20.6. The summed E-state index contributed by atoms with van der Waals surface area (Å²) in [6.07, 6.45) is -2.82. The molecule has 4 N–H and O–H groups in total. The zero-order chi connectivity index (χ0) is 25.8. The fourth-order valence-corrected chi connectivity index (χ4v) is 4.83. The molecule has 9 nitrogen and oxygen atoms in total. The molecule has 0 aromatic heterocycles. The van der Waals surface area contributed by atoms with Crippen LogP contribution in [0.2, 0.25) is 0 Å². The van der Waals surface area contributed by atoms with E-state index in [1.807, 2.05) is 24.3 Å². The van der Waals surface area contributed by atoms with Gasteiger partial charge in [0.1, 0.15) is 36.1 Å². The van der Waals surface area contributed by atoms with E-state index in [1.165, 1.54) is 32.1 Å². The SMILES string of the molecule is CO[C@H]1OC(CNC(=O)/C(C#N)=C(\C)c2ccc3cc(N4CCCCC4)ccc3c2)[C@@H](O)[C@H](O)[C@H]1O. The molecule has 2 aromatic carbocycles. The van der Waals surface area contributed by atoms with Gasteiger partial charge >= 0.3 is 0 Å². The number of nitriles is 1. The summed E-state index contributed by atoms with van der Waals surface area (Å²) >= 11 is 0. The van der Waals surface area contributed by atoms with Crippen molar-refractivity contribution in [3.05, 3.63) is 47.5 Å². The van der Waals surface area contributed by atoms with Crippen molar-refractivity contribution in [1.82, 2.24) is 5.32 Å². The van der Waals surface area contributed by atoms with Crippen LogP contribution in [0.4, 0.5) is 5.69 Å². The molecule has 0 radical (unpaired) electrons. The number of hydrogen-bond donors (Lipinski definition) is 4. The van der Waals surface area contributed by atoms with Gasteiger partial charge in [-0.15, -0.1) is 0 Å². The van der Waals surface area contributed by atoms with Crippen molar-refractivity contribution in [3.8, 4) is 6.07 Å². The number of piperidine rings is 1. The van der Waals surface area contributed by atoms with Gasteiger partial charge in [-0.1, -0.05) is 18.2 Å². The van der Waals surface area contributed by atoms with Gasteiger partial charge in [0.25, 0.3) is 5.91 Å². The molecular formula is C27H33N3O6. The fraction of sp³-hybridized carbons (Fsp3) is 0.481. The lowest BCUT2D eigenvalue weighted by Crippen LogP contribution is -2.60. The van der Waals surface area contributed by atoms with Crippen molar-refractivity contribution in [3.63, 3.8) is 0 Å². The molecule has 4 rings (SSSR count). The minimum Gasteiger partial charge on any atom is -0.388 e. The maximum atomic E-state index is 12.8. The number of carbonyl (C=O) groups is 1. The Kier molecular flexibility index (Phi) is 8.24. The summed E-state index contributed by atoms with van der Waals surface area (Å²) in [6, 6.07) is 14.2. The molecule has 192 valence electrons. The smallest absolute Gasteiger partial charge is 0.262 e. The van der Waals surface area contributed by atoms with E-state index in [0.717, 1.165) is 29.4 Å². The van der Waals surface area contributed by atoms with Crippen molar-refractivity contribution >= 4 is 27.9 Å². The highest BCUT2D eigenvalue weighted by molar-refractivity contribution is 6.05. The summed E-state index contributed by atoms with van der Waals surface area (Å²) in [5, 5.41) is 44.5. The van der Waals surface area contributed by atoms with Gasteiger partial charge in [-0.2, -0.15) is 5.26 Å². The van der Waals surface area contributed by atoms with Gasteiger partial charge < -0.3 is 35.0 Å². The van der Waals surface area contributed by atoms with E-state index in [9.17, 15) is 25.4 Å². The predicted molar refractivity (Wildman–Crippen MR) is 135 cm³/mol. The third-order valence-corrected chi connectivity index (χ3v) is 7.06. The van der Waals surface area contributed by atoms with Crippen molar-refractivity contribution in [1.29, 1.82) is 5.26 Å². The number of benzene rings is 2. The molecule has 5 atom stereocenters. The highest BCUT2D eigenvalue weighted by atomic mass is 16.7. The maximum absolute atomic E-state index is 12.8. The molecular weight excluding hydrogens is 462 g/mol. The van der Waals surface area contributed by atoms with Gasteiger partial charge in [-0.05, 0) is 66.3 Å². The Hall–Kier alpha value is -3.00. The fourth-order valence-electron chi connectivity index (χ4n) is 4.83. The molecule has 0 aliphatic carbocycles. The van der Waals surface area contributed by atoms with Crippen molar-refractivity contribution < 1.29 is 29.6 Å². The average molecular weight is 496 g/mol. The van der Waals surface area contributed by atoms with Gasteiger partial charge in [-0.25, -0.2) is 0 Å². The molecule has 9 heteroatoms. The number of amides is 1.